The normalized spacial score (nSPS) is 10.7. The monoisotopic (exact) mass is 352 g/mol. The van der Waals surface area contributed by atoms with Crippen molar-refractivity contribution in [2.75, 3.05) is 6.54 Å². The van der Waals surface area contributed by atoms with E-state index in [-0.39, 0.29) is 5.82 Å². The molecule has 0 aliphatic rings. The maximum absolute atomic E-state index is 13.3. The SMILES string of the molecule is CCNCc1cc(CC)nc(Oc2cc(F)ccc2Br)c1. The van der Waals surface area contributed by atoms with Crippen LogP contribution in [0.25, 0.3) is 0 Å². The number of benzene rings is 1. The maximum Gasteiger partial charge on any atom is 0.219 e. The first-order chi connectivity index (χ1) is 10.1. The molecule has 0 aliphatic heterocycles. The summed E-state index contributed by atoms with van der Waals surface area (Å²) in [6.45, 7) is 5.76. The van der Waals surface area contributed by atoms with Crippen LogP contribution in [-0.2, 0) is 13.0 Å². The van der Waals surface area contributed by atoms with Crippen LogP contribution in [0.5, 0.6) is 11.6 Å². The number of aryl methyl sites for hydroxylation is 1. The molecule has 0 unspecified atom stereocenters. The van der Waals surface area contributed by atoms with E-state index in [4.69, 9.17) is 4.74 Å². The molecule has 1 N–H and O–H groups in total. The van der Waals surface area contributed by atoms with Crippen molar-refractivity contribution >= 4 is 15.9 Å². The third kappa shape index (κ3) is 4.51. The molecule has 3 nitrogen and oxygen atoms in total. The molecule has 0 saturated heterocycles. The fraction of sp³-hybridized carbons (Fsp3) is 0.312. The highest BCUT2D eigenvalue weighted by Gasteiger charge is 2.08. The Morgan fingerprint density at radius 3 is 2.76 bits per heavy atom. The van der Waals surface area contributed by atoms with Crippen molar-refractivity contribution in [2.24, 2.45) is 0 Å². The molecule has 0 spiro atoms. The third-order valence-corrected chi connectivity index (χ3v) is 3.62. The molecule has 1 heterocycles. The summed E-state index contributed by atoms with van der Waals surface area (Å²) >= 11 is 3.35. The lowest BCUT2D eigenvalue weighted by Gasteiger charge is -2.11. The van der Waals surface area contributed by atoms with E-state index in [1.165, 1.54) is 12.1 Å². The molecule has 0 saturated carbocycles. The highest BCUT2D eigenvalue weighted by Crippen LogP contribution is 2.30. The molecule has 2 aromatic rings. The largest absolute Gasteiger partial charge is 0.438 e. The fourth-order valence-electron chi connectivity index (χ4n) is 1.89. The minimum Gasteiger partial charge on any atom is -0.438 e. The van der Waals surface area contributed by atoms with Crippen molar-refractivity contribution in [3.05, 3.63) is 51.9 Å². The Labute approximate surface area is 132 Å². The second-order valence-electron chi connectivity index (χ2n) is 4.62. The zero-order valence-corrected chi connectivity index (χ0v) is 13.7. The molecule has 5 heteroatoms. The maximum atomic E-state index is 13.3. The molecule has 2 rings (SSSR count). The highest BCUT2D eigenvalue weighted by atomic mass is 79.9. The van der Waals surface area contributed by atoms with Gasteiger partial charge in [0.05, 0.1) is 4.47 Å². The second kappa shape index (κ2) is 7.52. The summed E-state index contributed by atoms with van der Waals surface area (Å²) in [5, 5.41) is 3.27. The summed E-state index contributed by atoms with van der Waals surface area (Å²) in [5.74, 6) is 0.562. The lowest BCUT2D eigenvalue weighted by molar-refractivity contribution is 0.452. The molecule has 0 radical (unpaired) electrons. The predicted octanol–water partition coefficient (Wildman–Crippen LogP) is 4.45. The molecule has 0 bridgehead atoms. The van der Waals surface area contributed by atoms with Gasteiger partial charge in [0.25, 0.3) is 0 Å². The van der Waals surface area contributed by atoms with Crippen LogP contribution in [0.2, 0.25) is 0 Å². The molecule has 0 fully saturated rings. The Kier molecular flexibility index (Phi) is 5.70. The zero-order valence-electron chi connectivity index (χ0n) is 12.1. The molecule has 0 amide bonds. The van der Waals surface area contributed by atoms with Crippen LogP contribution >= 0.6 is 15.9 Å². The van der Waals surface area contributed by atoms with E-state index < -0.39 is 0 Å². The lowest BCUT2D eigenvalue weighted by atomic mass is 10.2. The first kappa shape index (κ1) is 15.9. The van der Waals surface area contributed by atoms with Crippen LogP contribution in [0.4, 0.5) is 4.39 Å². The summed E-state index contributed by atoms with van der Waals surface area (Å²) in [4.78, 5) is 4.43. The molecule has 0 atom stereocenters. The van der Waals surface area contributed by atoms with Crippen molar-refractivity contribution in [2.45, 2.75) is 26.8 Å². The summed E-state index contributed by atoms with van der Waals surface area (Å²) < 4.78 is 19.7. The van der Waals surface area contributed by atoms with Crippen LogP contribution in [0.3, 0.4) is 0 Å². The van der Waals surface area contributed by atoms with Crippen LogP contribution in [0, 0.1) is 5.82 Å². The van der Waals surface area contributed by atoms with Crippen molar-refractivity contribution in [1.82, 2.24) is 10.3 Å². The first-order valence-corrected chi connectivity index (χ1v) is 7.75. The average molecular weight is 353 g/mol. The first-order valence-electron chi connectivity index (χ1n) is 6.95. The van der Waals surface area contributed by atoms with Crippen LogP contribution < -0.4 is 10.1 Å². The van der Waals surface area contributed by atoms with Crippen molar-refractivity contribution in [3.63, 3.8) is 0 Å². The van der Waals surface area contributed by atoms with Gasteiger partial charge in [0, 0.05) is 24.4 Å². The number of nitrogens with zero attached hydrogens (tertiary/aromatic N) is 1. The molecular formula is C16H18BrFN2O. The fourth-order valence-corrected chi connectivity index (χ4v) is 2.22. The van der Waals surface area contributed by atoms with Gasteiger partial charge in [-0.05, 0) is 52.7 Å². The van der Waals surface area contributed by atoms with Crippen LogP contribution in [-0.4, -0.2) is 11.5 Å². The number of hydrogen-bond acceptors (Lipinski definition) is 3. The number of rotatable bonds is 6. The Morgan fingerprint density at radius 1 is 1.24 bits per heavy atom. The molecule has 1 aromatic heterocycles. The van der Waals surface area contributed by atoms with Gasteiger partial charge in [0.2, 0.25) is 5.88 Å². The standard InChI is InChI=1S/C16H18BrFN2O/c1-3-13-7-11(10-19-4-2)8-16(20-13)21-15-9-12(18)5-6-14(15)17/h5-9,19H,3-4,10H2,1-2H3. The summed E-state index contributed by atoms with van der Waals surface area (Å²) in [6, 6.07) is 8.26. The third-order valence-electron chi connectivity index (χ3n) is 2.96. The number of pyridine rings is 1. The number of ether oxygens (including phenoxy) is 1. The van der Waals surface area contributed by atoms with E-state index in [0.717, 1.165) is 30.8 Å². The van der Waals surface area contributed by atoms with Crippen molar-refractivity contribution < 1.29 is 9.13 Å². The van der Waals surface area contributed by atoms with Gasteiger partial charge in [0.1, 0.15) is 11.6 Å². The summed E-state index contributed by atoms with van der Waals surface area (Å²) in [7, 11) is 0. The number of halogens is 2. The molecule has 112 valence electrons. The number of nitrogens with one attached hydrogen (secondary N) is 1. The molecule has 0 aliphatic carbocycles. The van der Waals surface area contributed by atoms with Gasteiger partial charge in [0.15, 0.2) is 0 Å². The minimum atomic E-state index is -0.340. The predicted molar refractivity (Wildman–Crippen MR) is 85.2 cm³/mol. The number of aromatic nitrogens is 1. The molecule has 1 aromatic carbocycles. The molecular weight excluding hydrogens is 335 g/mol. The average Bonchev–Trinajstić information content (AvgIpc) is 2.48. The van der Waals surface area contributed by atoms with Gasteiger partial charge in [-0.25, -0.2) is 9.37 Å². The van der Waals surface area contributed by atoms with Gasteiger partial charge >= 0.3 is 0 Å². The van der Waals surface area contributed by atoms with E-state index in [0.29, 0.717) is 16.1 Å². The Bertz CT molecular complexity index is 619. The summed E-state index contributed by atoms with van der Waals surface area (Å²) in [6.07, 6.45) is 0.820. The Morgan fingerprint density at radius 2 is 2.05 bits per heavy atom. The number of hydrogen-bond donors (Lipinski definition) is 1. The topological polar surface area (TPSA) is 34.2 Å². The Hall–Kier alpha value is -1.46. The van der Waals surface area contributed by atoms with E-state index >= 15 is 0 Å². The van der Waals surface area contributed by atoms with Gasteiger partial charge in [-0.3, -0.25) is 0 Å². The highest BCUT2D eigenvalue weighted by molar-refractivity contribution is 9.10. The minimum absolute atomic E-state index is 0.340. The van der Waals surface area contributed by atoms with E-state index in [2.05, 4.69) is 39.2 Å². The van der Waals surface area contributed by atoms with E-state index in [1.54, 1.807) is 6.07 Å². The van der Waals surface area contributed by atoms with Crippen molar-refractivity contribution in [3.8, 4) is 11.6 Å². The van der Waals surface area contributed by atoms with Crippen LogP contribution in [0.15, 0.2) is 34.8 Å². The van der Waals surface area contributed by atoms with E-state index in [9.17, 15) is 4.39 Å². The Balaban J connectivity index is 2.27. The smallest absolute Gasteiger partial charge is 0.219 e. The quantitative estimate of drug-likeness (QED) is 0.833. The molecule has 21 heavy (non-hydrogen) atoms. The second-order valence-corrected chi connectivity index (χ2v) is 5.47. The van der Waals surface area contributed by atoms with Gasteiger partial charge in [-0.2, -0.15) is 0 Å². The summed E-state index contributed by atoms with van der Waals surface area (Å²) in [5.41, 5.74) is 2.05. The van der Waals surface area contributed by atoms with E-state index in [1.807, 2.05) is 13.0 Å². The van der Waals surface area contributed by atoms with Crippen molar-refractivity contribution in [1.29, 1.82) is 0 Å². The van der Waals surface area contributed by atoms with Gasteiger partial charge in [-0.1, -0.05) is 13.8 Å². The zero-order chi connectivity index (χ0) is 15.2. The van der Waals surface area contributed by atoms with Gasteiger partial charge < -0.3 is 10.1 Å². The van der Waals surface area contributed by atoms with Crippen LogP contribution in [0.1, 0.15) is 25.1 Å². The lowest BCUT2D eigenvalue weighted by Crippen LogP contribution is -2.12. The van der Waals surface area contributed by atoms with Gasteiger partial charge in [-0.15, -0.1) is 0 Å².